The van der Waals surface area contributed by atoms with Crippen molar-refractivity contribution in [1.29, 1.82) is 0 Å². The fraction of sp³-hybridized carbons (Fsp3) is 0.136. The summed E-state index contributed by atoms with van der Waals surface area (Å²) in [4.78, 5) is 12.5. The quantitative estimate of drug-likeness (QED) is 0.727. The second kappa shape index (κ2) is 7.75. The minimum absolute atomic E-state index is 0.0963. The summed E-state index contributed by atoms with van der Waals surface area (Å²) in [5.41, 5.74) is 4.02. The van der Waals surface area contributed by atoms with Crippen molar-refractivity contribution < 1.29 is 9.18 Å². The molecule has 0 bridgehead atoms. The van der Waals surface area contributed by atoms with Crippen LogP contribution in [-0.4, -0.2) is 5.91 Å². The van der Waals surface area contributed by atoms with E-state index in [1.807, 2.05) is 61.5 Å². The molecule has 3 aromatic carbocycles. The minimum atomic E-state index is -0.300. The van der Waals surface area contributed by atoms with Crippen LogP contribution in [0.3, 0.4) is 0 Å². The summed E-state index contributed by atoms with van der Waals surface area (Å²) >= 11 is 0. The van der Waals surface area contributed by atoms with E-state index in [4.69, 9.17) is 0 Å². The number of amides is 1. The number of aryl methyl sites for hydroxylation is 1. The molecule has 0 saturated carbocycles. The largest absolute Gasteiger partial charge is 0.345 e. The first-order chi connectivity index (χ1) is 12.1. The number of hydrogen-bond donors (Lipinski definition) is 1. The van der Waals surface area contributed by atoms with Crippen molar-refractivity contribution in [2.75, 3.05) is 0 Å². The summed E-state index contributed by atoms with van der Waals surface area (Å²) in [5, 5.41) is 3.10. The molecule has 1 amide bonds. The van der Waals surface area contributed by atoms with E-state index < -0.39 is 0 Å². The summed E-state index contributed by atoms with van der Waals surface area (Å²) in [6.45, 7) is 2.04. The van der Waals surface area contributed by atoms with Gasteiger partial charge in [-0.1, -0.05) is 72.3 Å². The second-order valence-electron chi connectivity index (χ2n) is 6.13. The fourth-order valence-electron chi connectivity index (χ4n) is 2.76. The molecule has 1 unspecified atom stereocenters. The van der Waals surface area contributed by atoms with Gasteiger partial charge < -0.3 is 5.32 Å². The molecule has 25 heavy (non-hydrogen) atoms. The van der Waals surface area contributed by atoms with Gasteiger partial charge in [-0.15, -0.1) is 0 Å². The van der Waals surface area contributed by atoms with Gasteiger partial charge in [0.15, 0.2) is 0 Å². The molecule has 3 heteroatoms. The van der Waals surface area contributed by atoms with Crippen molar-refractivity contribution in [3.8, 4) is 0 Å². The fourth-order valence-corrected chi connectivity index (χ4v) is 2.76. The van der Waals surface area contributed by atoms with Crippen LogP contribution in [0, 0.1) is 12.7 Å². The standard InChI is InChI=1S/C22H20FNO/c1-16-7-11-19(12-8-16)22(18-5-3-2-4-6-18)24-21(25)15-17-9-13-20(23)14-10-17/h2-14,22H,15H2,1H3,(H,24,25). The van der Waals surface area contributed by atoms with Crippen molar-refractivity contribution >= 4 is 5.91 Å². The highest BCUT2D eigenvalue weighted by atomic mass is 19.1. The number of carbonyl (C=O) groups excluding carboxylic acids is 1. The topological polar surface area (TPSA) is 29.1 Å². The molecule has 3 rings (SSSR count). The van der Waals surface area contributed by atoms with Crippen molar-refractivity contribution in [2.24, 2.45) is 0 Å². The van der Waals surface area contributed by atoms with Gasteiger partial charge in [-0.25, -0.2) is 4.39 Å². The number of benzene rings is 3. The summed E-state index contributed by atoms with van der Waals surface area (Å²) in [6, 6.07) is 23.8. The van der Waals surface area contributed by atoms with Crippen LogP contribution >= 0.6 is 0 Å². The van der Waals surface area contributed by atoms with Crippen LogP contribution in [0.25, 0.3) is 0 Å². The van der Waals surface area contributed by atoms with Gasteiger partial charge in [0.1, 0.15) is 5.82 Å². The molecule has 126 valence electrons. The first-order valence-electron chi connectivity index (χ1n) is 8.27. The van der Waals surface area contributed by atoms with Crippen LogP contribution in [0.5, 0.6) is 0 Å². The third-order valence-electron chi connectivity index (χ3n) is 4.13. The molecule has 0 spiro atoms. The van der Waals surface area contributed by atoms with Crippen molar-refractivity contribution in [3.63, 3.8) is 0 Å². The van der Waals surface area contributed by atoms with Crippen LogP contribution in [0.4, 0.5) is 4.39 Å². The SMILES string of the molecule is Cc1ccc(C(NC(=O)Cc2ccc(F)cc2)c2ccccc2)cc1. The van der Waals surface area contributed by atoms with Crippen molar-refractivity contribution in [1.82, 2.24) is 5.32 Å². The number of carbonyl (C=O) groups is 1. The van der Waals surface area contributed by atoms with Crippen LogP contribution in [0.2, 0.25) is 0 Å². The van der Waals surface area contributed by atoms with E-state index in [1.54, 1.807) is 12.1 Å². The molecule has 0 fully saturated rings. The molecule has 1 N–H and O–H groups in total. The highest BCUT2D eigenvalue weighted by Crippen LogP contribution is 2.22. The van der Waals surface area contributed by atoms with Crippen molar-refractivity contribution in [2.45, 2.75) is 19.4 Å². The Morgan fingerprint density at radius 1 is 0.880 bits per heavy atom. The molecule has 0 aliphatic heterocycles. The smallest absolute Gasteiger partial charge is 0.225 e. The Hall–Kier alpha value is -2.94. The summed E-state index contributed by atoms with van der Waals surface area (Å²) in [7, 11) is 0. The van der Waals surface area contributed by atoms with Crippen LogP contribution in [0.1, 0.15) is 28.3 Å². The number of rotatable bonds is 5. The van der Waals surface area contributed by atoms with Gasteiger partial charge >= 0.3 is 0 Å². The third kappa shape index (κ3) is 4.54. The average molecular weight is 333 g/mol. The predicted octanol–water partition coefficient (Wildman–Crippen LogP) is 4.58. The maximum atomic E-state index is 13.0. The molecule has 3 aromatic rings. The van der Waals surface area contributed by atoms with E-state index in [2.05, 4.69) is 5.32 Å². The molecule has 2 nitrogen and oxygen atoms in total. The zero-order valence-corrected chi connectivity index (χ0v) is 14.1. The van der Waals surface area contributed by atoms with E-state index in [-0.39, 0.29) is 24.2 Å². The van der Waals surface area contributed by atoms with E-state index in [0.29, 0.717) is 0 Å². The van der Waals surface area contributed by atoms with Crippen molar-refractivity contribution in [3.05, 3.63) is 107 Å². The molecule has 1 atom stereocenters. The lowest BCUT2D eigenvalue weighted by atomic mass is 9.97. The third-order valence-corrected chi connectivity index (χ3v) is 4.13. The molecular weight excluding hydrogens is 313 g/mol. The lowest BCUT2D eigenvalue weighted by Crippen LogP contribution is -2.30. The highest BCUT2D eigenvalue weighted by Gasteiger charge is 2.16. The molecule has 0 radical (unpaired) electrons. The zero-order valence-electron chi connectivity index (χ0n) is 14.1. The van der Waals surface area contributed by atoms with Gasteiger partial charge in [0.05, 0.1) is 12.5 Å². The number of nitrogens with one attached hydrogen (secondary N) is 1. The molecule has 0 saturated heterocycles. The Kier molecular flexibility index (Phi) is 5.24. The van der Waals surface area contributed by atoms with E-state index in [9.17, 15) is 9.18 Å². The lowest BCUT2D eigenvalue weighted by molar-refractivity contribution is -0.120. The molecule has 0 aliphatic rings. The summed E-state index contributed by atoms with van der Waals surface area (Å²) in [5.74, 6) is -0.396. The Labute approximate surface area is 147 Å². The number of halogens is 1. The average Bonchev–Trinajstić information content (AvgIpc) is 2.63. The van der Waals surface area contributed by atoms with Gasteiger partial charge in [0.2, 0.25) is 5.91 Å². The Bertz CT molecular complexity index is 826. The number of hydrogen-bond acceptors (Lipinski definition) is 1. The monoisotopic (exact) mass is 333 g/mol. The molecule has 0 aromatic heterocycles. The normalized spacial score (nSPS) is 11.8. The van der Waals surface area contributed by atoms with Crippen LogP contribution < -0.4 is 5.32 Å². The van der Waals surface area contributed by atoms with Gasteiger partial charge in [-0.2, -0.15) is 0 Å². The molecule has 0 aliphatic carbocycles. The maximum absolute atomic E-state index is 13.0. The molecular formula is C22H20FNO. The first-order valence-corrected chi connectivity index (χ1v) is 8.27. The molecule has 0 heterocycles. The minimum Gasteiger partial charge on any atom is -0.345 e. The van der Waals surface area contributed by atoms with Gasteiger partial charge in [0, 0.05) is 0 Å². The Morgan fingerprint density at radius 2 is 1.48 bits per heavy atom. The van der Waals surface area contributed by atoms with Gasteiger partial charge in [0.25, 0.3) is 0 Å². The lowest BCUT2D eigenvalue weighted by Gasteiger charge is -2.20. The van der Waals surface area contributed by atoms with E-state index >= 15 is 0 Å². The Balaban J connectivity index is 1.81. The highest BCUT2D eigenvalue weighted by molar-refractivity contribution is 5.79. The zero-order chi connectivity index (χ0) is 17.6. The Morgan fingerprint density at radius 3 is 2.12 bits per heavy atom. The predicted molar refractivity (Wildman–Crippen MR) is 97.7 cm³/mol. The van der Waals surface area contributed by atoms with Crippen LogP contribution in [0.15, 0.2) is 78.9 Å². The maximum Gasteiger partial charge on any atom is 0.225 e. The van der Waals surface area contributed by atoms with Gasteiger partial charge in [-0.05, 0) is 35.7 Å². The van der Waals surface area contributed by atoms with Crippen LogP contribution in [-0.2, 0) is 11.2 Å². The summed E-state index contributed by atoms with van der Waals surface area (Å²) in [6.07, 6.45) is 0.218. The summed E-state index contributed by atoms with van der Waals surface area (Å²) < 4.78 is 13.0. The van der Waals surface area contributed by atoms with E-state index in [1.165, 1.54) is 17.7 Å². The second-order valence-corrected chi connectivity index (χ2v) is 6.13. The first kappa shape index (κ1) is 16.9. The van der Waals surface area contributed by atoms with E-state index in [0.717, 1.165) is 16.7 Å². The van der Waals surface area contributed by atoms with Gasteiger partial charge in [-0.3, -0.25) is 4.79 Å².